The molecule has 1 nitrogen and oxygen atoms in total. The summed E-state index contributed by atoms with van der Waals surface area (Å²) in [6, 6.07) is 0. The van der Waals surface area contributed by atoms with Crippen LogP contribution in [0.5, 0.6) is 0 Å². The average molecular weight is 160 g/mol. The molecule has 0 saturated heterocycles. The summed E-state index contributed by atoms with van der Waals surface area (Å²) in [6.07, 6.45) is 1.86. The monoisotopic (exact) mass is 162 g/mol. The molecule has 12 heavy (non-hydrogen) atoms. The van der Waals surface area contributed by atoms with E-state index in [2.05, 4.69) is 0 Å². The molecule has 0 saturated carbocycles. The summed E-state index contributed by atoms with van der Waals surface area (Å²) in [7, 11) is 6.74. The van der Waals surface area contributed by atoms with Gasteiger partial charge in [-0.05, 0) is 0 Å². The molecule has 0 heterocycles. The van der Waals surface area contributed by atoms with Crippen molar-refractivity contribution in [3.05, 3.63) is 0 Å². The zero-order valence-corrected chi connectivity index (χ0v) is 7.83. The molecule has 0 unspecified atom stereocenters. The second kappa shape index (κ2) is 11.7. The van der Waals surface area contributed by atoms with Gasteiger partial charge in [0.1, 0.15) is 0 Å². The van der Waals surface area contributed by atoms with Gasteiger partial charge in [-0.15, -0.1) is 0 Å². The molecular weight excluding hydrogens is 157 g/mol. The number of rotatable bonds is 5. The van der Waals surface area contributed by atoms with Crippen molar-refractivity contribution >= 4 is 73.6 Å². The van der Waals surface area contributed by atoms with E-state index in [9.17, 15) is 0 Å². The first-order valence-electron chi connectivity index (χ1n) is 3.48. The van der Waals surface area contributed by atoms with Crippen molar-refractivity contribution in [2.24, 2.45) is 0 Å². The molecule has 0 bridgehead atoms. The fraction of sp³-hybridized carbons (Fsp3) is 1.00. The second-order valence-corrected chi connectivity index (χ2v) is 2.27. The van der Waals surface area contributed by atoms with E-state index < -0.39 is 0 Å². The van der Waals surface area contributed by atoms with Crippen LogP contribution >= 0.6 is 12.0 Å². The number of hydrogen-bond donors (Lipinski definition) is 0. The molecule has 0 fully saturated rings. The van der Waals surface area contributed by atoms with Crippen molar-refractivity contribution in [3.8, 4) is 0 Å². The van der Waals surface area contributed by atoms with E-state index in [1.165, 1.54) is 18.7 Å². The summed E-state index contributed by atoms with van der Waals surface area (Å²) in [5.74, 6) is 0. The van der Waals surface area contributed by atoms with Crippen LogP contribution in [0.4, 0.5) is 0 Å². The minimum atomic E-state index is 1.31. The van der Waals surface area contributed by atoms with Gasteiger partial charge in [-0.2, -0.15) is 0 Å². The van der Waals surface area contributed by atoms with E-state index in [0.717, 1.165) is 0 Å². The predicted octanol–water partition coefficient (Wildman–Crippen LogP) is -2.68. The van der Waals surface area contributed by atoms with Crippen LogP contribution in [-0.4, -0.2) is 67.8 Å². The van der Waals surface area contributed by atoms with Crippen LogP contribution in [0.15, 0.2) is 0 Å². The molecule has 0 aliphatic carbocycles. The normalized spacial score (nSPS) is 7.42. The molecule has 0 aromatic carbocycles. The summed E-state index contributed by atoms with van der Waals surface area (Å²) < 4.78 is 4.89. The second-order valence-electron chi connectivity index (χ2n) is 1.75. The molecule has 0 atom stereocenters. The Hall–Kier alpha value is 0.734. The standard InChI is InChI=1S/CH3B9OS/c1-12-11-10-9-8-7-6-5-4-3-2/h1H3. The maximum absolute atomic E-state index is 5.12. The molecule has 0 aliphatic rings. The predicted molar refractivity (Wildman–Crippen MR) is 66.4 cm³/mol. The van der Waals surface area contributed by atoms with Crippen LogP contribution in [0.1, 0.15) is 0 Å². The average Bonchev–Trinajstić information content (AvgIpc) is 2.10. The Bertz CT molecular complexity index is 195. The Morgan fingerprint density at radius 3 is 2.17 bits per heavy atom. The van der Waals surface area contributed by atoms with E-state index in [0.29, 0.717) is 0 Å². The van der Waals surface area contributed by atoms with E-state index >= 15 is 0 Å². The SMILES string of the molecule is [B]B=BB=BB=BB=BOSC. The van der Waals surface area contributed by atoms with Gasteiger partial charge < -0.3 is 0 Å². The van der Waals surface area contributed by atoms with E-state index in [-0.39, 0.29) is 0 Å². The zero-order valence-electron chi connectivity index (χ0n) is 7.01. The zero-order chi connectivity index (χ0) is 9.07. The molecule has 0 N–H and O–H groups in total. The Balaban J connectivity index is 3.48. The fourth-order valence-electron chi connectivity index (χ4n) is 0.454. The van der Waals surface area contributed by atoms with Crippen LogP contribution in [0.2, 0.25) is 0 Å². The first-order valence-corrected chi connectivity index (χ1v) is 4.63. The van der Waals surface area contributed by atoms with Gasteiger partial charge in [0, 0.05) is 0 Å². The molecule has 46 valence electrons. The van der Waals surface area contributed by atoms with E-state index in [1.54, 1.807) is 13.7 Å². The molecular formula is CH3B9OS. The van der Waals surface area contributed by atoms with Gasteiger partial charge in [0.15, 0.2) is 0 Å². The van der Waals surface area contributed by atoms with E-state index in [1.807, 2.05) is 39.7 Å². The van der Waals surface area contributed by atoms with Crippen molar-refractivity contribution in [1.82, 2.24) is 0 Å². The first-order chi connectivity index (χ1) is 5.91. The summed E-state index contributed by atoms with van der Waals surface area (Å²) in [5.41, 5.74) is 0. The quantitative estimate of drug-likeness (QED) is 0.320. The summed E-state index contributed by atoms with van der Waals surface area (Å²) in [4.78, 5) is 0. The third-order valence-corrected chi connectivity index (χ3v) is 1.20. The molecule has 0 aromatic heterocycles. The third-order valence-electron chi connectivity index (χ3n) is 0.897. The van der Waals surface area contributed by atoms with Crippen LogP contribution in [-0.2, 0) is 4.10 Å². The summed E-state index contributed by atoms with van der Waals surface area (Å²) >= 11 is 1.31. The van der Waals surface area contributed by atoms with Crippen LogP contribution < -0.4 is 0 Å². The molecule has 0 amide bonds. The Labute approximate surface area is 84.2 Å². The molecule has 2 radical (unpaired) electrons. The molecule has 0 aromatic rings. The van der Waals surface area contributed by atoms with Crippen molar-refractivity contribution in [2.45, 2.75) is 0 Å². The molecule has 11 heteroatoms. The first kappa shape index (κ1) is 12.7. The molecule has 0 aliphatic heterocycles. The summed E-state index contributed by atoms with van der Waals surface area (Å²) in [6.45, 7) is 12.5. The Morgan fingerprint density at radius 2 is 1.58 bits per heavy atom. The summed E-state index contributed by atoms with van der Waals surface area (Å²) in [5, 5.41) is 0. The number of hydrogen-bond acceptors (Lipinski definition) is 2. The Kier molecular flexibility index (Phi) is 12.5. The maximum atomic E-state index is 5.12. The van der Waals surface area contributed by atoms with Crippen LogP contribution in [0.3, 0.4) is 0 Å². The van der Waals surface area contributed by atoms with Gasteiger partial charge in [-0.3, -0.25) is 0 Å². The Morgan fingerprint density at radius 1 is 1.00 bits per heavy atom. The van der Waals surface area contributed by atoms with Crippen molar-refractivity contribution < 1.29 is 4.10 Å². The molecule has 0 spiro atoms. The van der Waals surface area contributed by atoms with E-state index in [4.69, 9.17) is 11.8 Å². The van der Waals surface area contributed by atoms with Gasteiger partial charge in [0.2, 0.25) is 0 Å². The fourth-order valence-corrected chi connectivity index (χ4v) is 0.629. The topological polar surface area (TPSA) is 9.23 Å². The van der Waals surface area contributed by atoms with Gasteiger partial charge in [0.25, 0.3) is 0 Å². The van der Waals surface area contributed by atoms with Crippen molar-refractivity contribution in [3.63, 3.8) is 0 Å². The third kappa shape index (κ3) is 10.7. The van der Waals surface area contributed by atoms with Crippen molar-refractivity contribution in [2.75, 3.05) is 6.26 Å². The van der Waals surface area contributed by atoms with Crippen LogP contribution in [0, 0.1) is 0 Å². The van der Waals surface area contributed by atoms with Crippen LogP contribution in [0.25, 0.3) is 0 Å². The van der Waals surface area contributed by atoms with Gasteiger partial charge in [-0.1, -0.05) is 0 Å². The van der Waals surface area contributed by atoms with Gasteiger partial charge >= 0.3 is 84.0 Å². The van der Waals surface area contributed by atoms with Crippen molar-refractivity contribution in [1.29, 1.82) is 0 Å². The van der Waals surface area contributed by atoms with Gasteiger partial charge in [0.05, 0.1) is 0 Å². The minimum absolute atomic E-state index is 1.31. The van der Waals surface area contributed by atoms with Gasteiger partial charge in [-0.25, -0.2) is 0 Å². The molecule has 0 rings (SSSR count).